The van der Waals surface area contributed by atoms with E-state index in [4.69, 9.17) is 0 Å². The highest BCUT2D eigenvalue weighted by Gasteiger charge is 2.41. The Hall–Kier alpha value is -0.0800. The van der Waals surface area contributed by atoms with Crippen molar-refractivity contribution in [3.05, 3.63) is 0 Å². The van der Waals surface area contributed by atoms with Gasteiger partial charge in [-0.2, -0.15) is 0 Å². The number of fused-ring (bicyclic) bond motifs is 1. The van der Waals surface area contributed by atoms with Crippen molar-refractivity contribution in [2.75, 3.05) is 13.6 Å². The molecule has 3 unspecified atom stereocenters. The van der Waals surface area contributed by atoms with E-state index < -0.39 is 0 Å². The van der Waals surface area contributed by atoms with Crippen LogP contribution in [-0.2, 0) is 0 Å². The van der Waals surface area contributed by atoms with Crippen molar-refractivity contribution in [1.82, 2.24) is 10.6 Å². The molecule has 1 saturated heterocycles. The Morgan fingerprint density at radius 2 is 2.22 bits per heavy atom. The molecule has 1 aliphatic heterocycles. The molecule has 2 rings (SSSR count). The quantitative estimate of drug-likeness (QED) is 0.523. The second-order valence-electron chi connectivity index (χ2n) is 3.24. The first-order valence-corrected chi connectivity index (χ1v) is 3.81. The average Bonchev–Trinajstić information content (AvgIpc) is 2.64. The second kappa shape index (κ2) is 1.96. The van der Waals surface area contributed by atoms with Crippen LogP contribution < -0.4 is 10.6 Å². The Morgan fingerprint density at radius 3 is 2.89 bits per heavy atom. The molecule has 9 heavy (non-hydrogen) atoms. The maximum Gasteiger partial charge on any atom is 0.0572 e. The summed E-state index contributed by atoms with van der Waals surface area (Å²) in [4.78, 5) is 0. The molecule has 0 aromatic heterocycles. The summed E-state index contributed by atoms with van der Waals surface area (Å²) in [5, 5.41) is 6.70. The fourth-order valence-corrected chi connectivity index (χ4v) is 1.75. The number of piperidine rings is 1. The number of hydrogen-bond donors (Lipinski definition) is 2. The standard InChI is InChI=1S/C7H14N2/c1-8-7-3-5-2-6(5)4-9-7/h5-9H,2-4H2,1H3. The van der Waals surface area contributed by atoms with Gasteiger partial charge in [-0.15, -0.1) is 0 Å². The number of nitrogens with one attached hydrogen (secondary N) is 2. The molecule has 1 aliphatic carbocycles. The molecule has 2 N–H and O–H groups in total. The summed E-state index contributed by atoms with van der Waals surface area (Å²) in [5.41, 5.74) is 0. The molecule has 0 amide bonds. The van der Waals surface area contributed by atoms with Gasteiger partial charge < -0.3 is 10.6 Å². The fraction of sp³-hybridized carbons (Fsp3) is 1.00. The Balaban J connectivity index is 1.86. The van der Waals surface area contributed by atoms with Gasteiger partial charge in [-0.3, -0.25) is 0 Å². The fourth-order valence-electron chi connectivity index (χ4n) is 1.75. The molecule has 3 atom stereocenters. The molecule has 0 bridgehead atoms. The van der Waals surface area contributed by atoms with Gasteiger partial charge >= 0.3 is 0 Å². The van der Waals surface area contributed by atoms with E-state index in [0.717, 1.165) is 11.8 Å². The van der Waals surface area contributed by atoms with E-state index in [2.05, 4.69) is 10.6 Å². The van der Waals surface area contributed by atoms with Gasteiger partial charge in [0.2, 0.25) is 0 Å². The Morgan fingerprint density at radius 1 is 1.33 bits per heavy atom. The molecule has 1 saturated carbocycles. The Labute approximate surface area is 56.0 Å². The maximum atomic E-state index is 3.45. The minimum Gasteiger partial charge on any atom is -0.305 e. The van der Waals surface area contributed by atoms with E-state index in [0.29, 0.717) is 6.17 Å². The zero-order valence-electron chi connectivity index (χ0n) is 5.85. The zero-order chi connectivity index (χ0) is 6.27. The molecule has 2 nitrogen and oxygen atoms in total. The van der Waals surface area contributed by atoms with Gasteiger partial charge in [0, 0.05) is 0 Å². The van der Waals surface area contributed by atoms with Crippen LogP contribution in [0.15, 0.2) is 0 Å². The molecular weight excluding hydrogens is 112 g/mol. The molecule has 0 radical (unpaired) electrons. The predicted molar refractivity (Wildman–Crippen MR) is 37.1 cm³/mol. The van der Waals surface area contributed by atoms with Crippen LogP contribution in [0.5, 0.6) is 0 Å². The predicted octanol–water partition coefficient (Wildman–Crippen LogP) is 0.161. The van der Waals surface area contributed by atoms with Crippen LogP contribution in [0.1, 0.15) is 12.8 Å². The van der Waals surface area contributed by atoms with Crippen LogP contribution in [-0.4, -0.2) is 19.8 Å². The van der Waals surface area contributed by atoms with Crippen LogP contribution in [0, 0.1) is 11.8 Å². The van der Waals surface area contributed by atoms with Crippen molar-refractivity contribution < 1.29 is 0 Å². The van der Waals surface area contributed by atoms with Gasteiger partial charge in [0.1, 0.15) is 0 Å². The van der Waals surface area contributed by atoms with Crippen molar-refractivity contribution in [2.24, 2.45) is 11.8 Å². The van der Waals surface area contributed by atoms with Crippen LogP contribution in [0.25, 0.3) is 0 Å². The van der Waals surface area contributed by atoms with Crippen molar-refractivity contribution in [3.8, 4) is 0 Å². The molecule has 1 heterocycles. The minimum atomic E-state index is 0.605. The smallest absolute Gasteiger partial charge is 0.0572 e. The van der Waals surface area contributed by atoms with E-state index >= 15 is 0 Å². The number of rotatable bonds is 1. The first-order chi connectivity index (χ1) is 4.40. The Bertz CT molecular complexity index is 113. The minimum absolute atomic E-state index is 0.605. The molecule has 2 aliphatic rings. The van der Waals surface area contributed by atoms with Gasteiger partial charge in [0.25, 0.3) is 0 Å². The molecule has 0 aromatic carbocycles. The van der Waals surface area contributed by atoms with E-state index in [-0.39, 0.29) is 0 Å². The summed E-state index contributed by atoms with van der Waals surface area (Å²) >= 11 is 0. The van der Waals surface area contributed by atoms with Crippen LogP contribution in [0.3, 0.4) is 0 Å². The Kier molecular flexibility index (Phi) is 1.24. The second-order valence-corrected chi connectivity index (χ2v) is 3.24. The van der Waals surface area contributed by atoms with Crippen LogP contribution in [0.4, 0.5) is 0 Å². The third-order valence-corrected chi connectivity index (χ3v) is 2.58. The maximum absolute atomic E-state index is 3.45. The topological polar surface area (TPSA) is 24.1 Å². The van der Waals surface area contributed by atoms with Crippen molar-refractivity contribution >= 4 is 0 Å². The monoisotopic (exact) mass is 126 g/mol. The average molecular weight is 126 g/mol. The SMILES string of the molecule is CNC1CC2CC2CN1. The summed E-state index contributed by atoms with van der Waals surface area (Å²) in [6.45, 7) is 1.25. The lowest BCUT2D eigenvalue weighted by molar-refractivity contribution is 0.350. The van der Waals surface area contributed by atoms with Crippen molar-refractivity contribution in [1.29, 1.82) is 0 Å². The molecule has 52 valence electrons. The van der Waals surface area contributed by atoms with Gasteiger partial charge in [-0.25, -0.2) is 0 Å². The van der Waals surface area contributed by atoms with Gasteiger partial charge in [-0.1, -0.05) is 0 Å². The summed E-state index contributed by atoms with van der Waals surface area (Å²) in [6.07, 6.45) is 3.43. The summed E-state index contributed by atoms with van der Waals surface area (Å²) in [6, 6.07) is 0. The van der Waals surface area contributed by atoms with Gasteiger partial charge in [0.05, 0.1) is 6.17 Å². The lowest BCUT2D eigenvalue weighted by Gasteiger charge is -2.21. The highest BCUT2D eigenvalue weighted by Crippen LogP contribution is 2.43. The lowest BCUT2D eigenvalue weighted by Crippen LogP contribution is -2.44. The lowest BCUT2D eigenvalue weighted by atomic mass is 10.1. The van der Waals surface area contributed by atoms with Crippen molar-refractivity contribution in [2.45, 2.75) is 19.0 Å². The summed E-state index contributed by atoms with van der Waals surface area (Å²) in [5.74, 6) is 2.10. The normalized spacial score (nSPS) is 48.3. The molecular formula is C7H14N2. The van der Waals surface area contributed by atoms with Crippen molar-refractivity contribution in [3.63, 3.8) is 0 Å². The van der Waals surface area contributed by atoms with Gasteiger partial charge in [0.15, 0.2) is 0 Å². The first-order valence-electron chi connectivity index (χ1n) is 3.81. The van der Waals surface area contributed by atoms with Crippen LogP contribution in [0.2, 0.25) is 0 Å². The number of hydrogen-bond acceptors (Lipinski definition) is 2. The van der Waals surface area contributed by atoms with E-state index in [1.54, 1.807) is 0 Å². The van der Waals surface area contributed by atoms with E-state index in [9.17, 15) is 0 Å². The third kappa shape index (κ3) is 0.970. The zero-order valence-corrected chi connectivity index (χ0v) is 5.85. The molecule has 0 aromatic rings. The van der Waals surface area contributed by atoms with E-state index in [1.807, 2.05) is 7.05 Å². The molecule has 2 heteroatoms. The molecule has 2 fully saturated rings. The highest BCUT2D eigenvalue weighted by atomic mass is 15.1. The van der Waals surface area contributed by atoms with Crippen LogP contribution >= 0.6 is 0 Å². The summed E-state index contributed by atoms with van der Waals surface area (Å²) in [7, 11) is 2.03. The first kappa shape index (κ1) is 5.69. The summed E-state index contributed by atoms with van der Waals surface area (Å²) < 4.78 is 0. The highest BCUT2D eigenvalue weighted by molar-refractivity contribution is 4.94. The third-order valence-electron chi connectivity index (χ3n) is 2.58. The van der Waals surface area contributed by atoms with E-state index in [1.165, 1.54) is 19.4 Å². The largest absolute Gasteiger partial charge is 0.305 e. The van der Waals surface area contributed by atoms with Gasteiger partial charge in [-0.05, 0) is 38.3 Å². The molecule has 0 spiro atoms.